The summed E-state index contributed by atoms with van der Waals surface area (Å²) in [6, 6.07) is 6.66. The first-order valence-corrected chi connectivity index (χ1v) is 8.24. The zero-order chi connectivity index (χ0) is 20.0. The summed E-state index contributed by atoms with van der Waals surface area (Å²) in [5.74, 6) is -0.787. The van der Waals surface area contributed by atoms with Crippen LogP contribution < -0.4 is 9.47 Å². The fraction of sp³-hybridized carbons (Fsp3) is 0.500. The minimum absolute atomic E-state index is 0.101. The van der Waals surface area contributed by atoms with E-state index >= 15 is 0 Å². The minimum Gasteiger partial charge on any atom is -0.497 e. The minimum atomic E-state index is -1.13. The Morgan fingerprint density at radius 2 is 1.37 bits per heavy atom. The molecule has 9 heteroatoms. The van der Waals surface area contributed by atoms with Crippen LogP contribution in [0.5, 0.6) is 11.5 Å². The van der Waals surface area contributed by atoms with Gasteiger partial charge in [0, 0.05) is 20.8 Å². The lowest BCUT2D eigenvalue weighted by molar-refractivity contribution is -0.259. The third-order valence-electron chi connectivity index (χ3n) is 3.62. The lowest BCUT2D eigenvalue weighted by Crippen LogP contribution is -2.59. The van der Waals surface area contributed by atoms with Crippen molar-refractivity contribution in [2.45, 2.75) is 45.4 Å². The molecule has 0 bridgehead atoms. The van der Waals surface area contributed by atoms with Crippen LogP contribution >= 0.6 is 0 Å². The Labute approximate surface area is 156 Å². The van der Waals surface area contributed by atoms with Crippen molar-refractivity contribution in [3.8, 4) is 11.5 Å². The van der Waals surface area contributed by atoms with Crippen LogP contribution in [0.15, 0.2) is 24.3 Å². The third kappa shape index (κ3) is 5.85. The van der Waals surface area contributed by atoms with E-state index in [9.17, 15) is 14.4 Å². The van der Waals surface area contributed by atoms with Crippen molar-refractivity contribution in [1.29, 1.82) is 0 Å². The van der Waals surface area contributed by atoms with Crippen LogP contribution in [0, 0.1) is 0 Å². The van der Waals surface area contributed by atoms with E-state index in [4.69, 9.17) is 28.4 Å². The Kier molecular flexibility index (Phi) is 7.00. The smallest absolute Gasteiger partial charge is 0.303 e. The van der Waals surface area contributed by atoms with Gasteiger partial charge in [-0.15, -0.1) is 0 Å². The maximum absolute atomic E-state index is 11.6. The Balaban J connectivity index is 2.24. The Morgan fingerprint density at radius 1 is 0.852 bits per heavy atom. The van der Waals surface area contributed by atoms with Gasteiger partial charge in [0.1, 0.15) is 11.5 Å². The van der Waals surface area contributed by atoms with Crippen LogP contribution in [0.4, 0.5) is 0 Å². The van der Waals surface area contributed by atoms with E-state index in [1.807, 2.05) is 0 Å². The van der Waals surface area contributed by atoms with Gasteiger partial charge >= 0.3 is 17.9 Å². The number of methoxy groups -OCH3 is 1. The summed E-state index contributed by atoms with van der Waals surface area (Å²) in [7, 11) is 1.54. The van der Waals surface area contributed by atoms with Crippen molar-refractivity contribution in [1.82, 2.24) is 0 Å². The zero-order valence-electron chi connectivity index (χ0n) is 15.5. The molecule has 0 saturated carbocycles. The largest absolute Gasteiger partial charge is 0.497 e. The van der Waals surface area contributed by atoms with Crippen molar-refractivity contribution in [3.63, 3.8) is 0 Å². The van der Waals surface area contributed by atoms with Gasteiger partial charge in [0.25, 0.3) is 0 Å². The first-order chi connectivity index (χ1) is 12.8. The summed E-state index contributed by atoms with van der Waals surface area (Å²) in [6.45, 7) is 3.51. The van der Waals surface area contributed by atoms with E-state index in [0.717, 1.165) is 0 Å². The first-order valence-electron chi connectivity index (χ1n) is 8.24. The molecule has 0 aliphatic carbocycles. The van der Waals surface area contributed by atoms with Crippen molar-refractivity contribution < 1.29 is 42.8 Å². The molecule has 27 heavy (non-hydrogen) atoms. The fourth-order valence-electron chi connectivity index (χ4n) is 2.60. The number of hydrogen-bond donors (Lipinski definition) is 0. The van der Waals surface area contributed by atoms with Crippen LogP contribution in [0.3, 0.4) is 0 Å². The molecule has 1 aromatic carbocycles. The van der Waals surface area contributed by atoms with Gasteiger partial charge in [0.2, 0.25) is 12.4 Å². The summed E-state index contributed by atoms with van der Waals surface area (Å²) >= 11 is 0. The number of hydrogen-bond acceptors (Lipinski definition) is 9. The van der Waals surface area contributed by atoms with Crippen molar-refractivity contribution >= 4 is 17.9 Å². The second kappa shape index (κ2) is 9.22. The van der Waals surface area contributed by atoms with E-state index in [1.54, 1.807) is 24.3 Å². The molecular formula is C18H22O9. The van der Waals surface area contributed by atoms with E-state index in [1.165, 1.54) is 27.9 Å². The molecule has 1 aromatic rings. The molecule has 4 atom stereocenters. The molecule has 9 nitrogen and oxygen atoms in total. The molecule has 1 saturated heterocycles. The highest BCUT2D eigenvalue weighted by Gasteiger charge is 2.48. The van der Waals surface area contributed by atoms with Crippen LogP contribution in [0.1, 0.15) is 20.8 Å². The van der Waals surface area contributed by atoms with Crippen molar-refractivity contribution in [2.75, 3.05) is 13.7 Å². The average Bonchev–Trinajstić information content (AvgIpc) is 2.59. The lowest BCUT2D eigenvalue weighted by atomic mass is 10.0. The maximum Gasteiger partial charge on any atom is 0.303 e. The maximum atomic E-state index is 11.6. The van der Waals surface area contributed by atoms with Crippen LogP contribution in [-0.4, -0.2) is 56.2 Å². The number of benzene rings is 1. The quantitative estimate of drug-likeness (QED) is 0.530. The zero-order valence-corrected chi connectivity index (χ0v) is 15.5. The monoisotopic (exact) mass is 382 g/mol. The standard InChI is InChI=1S/C18H22O9/c1-10(19)24-15-9-23-18(27-14-7-5-13(22-4)6-8-14)17(26-12(3)21)16(15)25-11(2)20/h5-8,15-18H,9H2,1-4H3/t15-,16-,17+,18-/m0/s1. The molecule has 1 aliphatic heterocycles. The number of esters is 3. The molecule has 1 fully saturated rings. The van der Waals surface area contributed by atoms with Gasteiger partial charge in [-0.3, -0.25) is 14.4 Å². The highest BCUT2D eigenvalue weighted by molar-refractivity contribution is 5.68. The summed E-state index contributed by atoms with van der Waals surface area (Å²) in [6.07, 6.45) is -4.22. The molecule has 0 amide bonds. The molecule has 1 aliphatic rings. The SMILES string of the molecule is COc1ccc(O[C@@H]2OC[C@H](OC(C)=O)[C@H](OC(C)=O)[C@H]2OC(C)=O)cc1. The Bertz CT molecular complexity index is 670. The summed E-state index contributed by atoms with van der Waals surface area (Å²) < 4.78 is 32.1. The first kappa shape index (κ1) is 20.5. The molecule has 1 heterocycles. The molecule has 0 N–H and O–H groups in total. The molecule has 148 valence electrons. The highest BCUT2D eigenvalue weighted by atomic mass is 16.7. The fourth-order valence-corrected chi connectivity index (χ4v) is 2.60. The van der Waals surface area contributed by atoms with Gasteiger partial charge in [-0.25, -0.2) is 0 Å². The predicted molar refractivity (Wildman–Crippen MR) is 90.0 cm³/mol. The molecule has 0 aromatic heterocycles. The van der Waals surface area contributed by atoms with Crippen LogP contribution in [0.25, 0.3) is 0 Å². The molecule has 0 radical (unpaired) electrons. The molecule has 0 unspecified atom stereocenters. The second-order valence-corrected chi connectivity index (χ2v) is 5.79. The van der Waals surface area contributed by atoms with Gasteiger partial charge in [0.05, 0.1) is 13.7 Å². The van der Waals surface area contributed by atoms with Gasteiger partial charge in [0.15, 0.2) is 12.2 Å². The van der Waals surface area contributed by atoms with Gasteiger partial charge in [-0.05, 0) is 24.3 Å². The van der Waals surface area contributed by atoms with Gasteiger partial charge in [-0.2, -0.15) is 0 Å². The van der Waals surface area contributed by atoms with Gasteiger partial charge < -0.3 is 28.4 Å². The van der Waals surface area contributed by atoms with Gasteiger partial charge in [-0.1, -0.05) is 0 Å². The molecule has 0 spiro atoms. The number of carbonyl (C=O) groups excluding carboxylic acids is 3. The lowest BCUT2D eigenvalue weighted by Gasteiger charge is -2.40. The van der Waals surface area contributed by atoms with E-state index in [-0.39, 0.29) is 6.61 Å². The van der Waals surface area contributed by atoms with Crippen LogP contribution in [-0.2, 0) is 33.3 Å². The summed E-state index contributed by atoms with van der Waals surface area (Å²) in [4.78, 5) is 34.4. The highest BCUT2D eigenvalue weighted by Crippen LogP contribution is 2.27. The van der Waals surface area contributed by atoms with E-state index in [0.29, 0.717) is 11.5 Å². The van der Waals surface area contributed by atoms with Crippen LogP contribution in [0.2, 0.25) is 0 Å². The van der Waals surface area contributed by atoms with Crippen molar-refractivity contribution in [3.05, 3.63) is 24.3 Å². The number of ether oxygens (including phenoxy) is 6. The topological polar surface area (TPSA) is 107 Å². The molecular weight excluding hydrogens is 360 g/mol. The van der Waals surface area contributed by atoms with Crippen molar-refractivity contribution in [2.24, 2.45) is 0 Å². The predicted octanol–water partition coefficient (Wildman–Crippen LogP) is 1.23. The Hall–Kier alpha value is -2.81. The second-order valence-electron chi connectivity index (χ2n) is 5.79. The molecule has 2 rings (SSSR count). The summed E-state index contributed by atoms with van der Waals surface area (Å²) in [5, 5.41) is 0. The average molecular weight is 382 g/mol. The van der Waals surface area contributed by atoms with E-state index < -0.39 is 42.5 Å². The van der Waals surface area contributed by atoms with E-state index in [2.05, 4.69) is 0 Å². The summed E-state index contributed by atoms with van der Waals surface area (Å²) in [5.41, 5.74) is 0. The third-order valence-corrected chi connectivity index (χ3v) is 3.62. The Morgan fingerprint density at radius 3 is 1.89 bits per heavy atom. The number of rotatable bonds is 6. The normalized spacial score (nSPS) is 24.4. The number of carbonyl (C=O) groups is 3.